The van der Waals surface area contributed by atoms with E-state index < -0.39 is 0 Å². The molecule has 0 aliphatic rings. The van der Waals surface area contributed by atoms with Gasteiger partial charge in [-0.25, -0.2) is 5.43 Å². The van der Waals surface area contributed by atoms with Gasteiger partial charge >= 0.3 is 0 Å². The molecule has 100 valence electrons. The largest absolute Gasteiger partial charge is 0.361 e. The van der Waals surface area contributed by atoms with E-state index in [9.17, 15) is 4.79 Å². The van der Waals surface area contributed by atoms with Gasteiger partial charge in [0.1, 0.15) is 0 Å². The van der Waals surface area contributed by atoms with Crippen molar-refractivity contribution in [2.45, 2.75) is 6.54 Å². The number of carbonyl (C=O) groups is 1. The van der Waals surface area contributed by atoms with Crippen molar-refractivity contribution >= 4 is 16.8 Å². The average Bonchev–Trinajstić information content (AvgIpc) is 2.92. The molecule has 0 radical (unpaired) electrons. The zero-order valence-electron chi connectivity index (χ0n) is 10.8. The van der Waals surface area contributed by atoms with Crippen molar-refractivity contribution < 1.29 is 4.79 Å². The molecule has 2 heterocycles. The quantitative estimate of drug-likeness (QED) is 0.633. The van der Waals surface area contributed by atoms with Gasteiger partial charge in [0, 0.05) is 41.6 Å². The van der Waals surface area contributed by atoms with E-state index in [0.29, 0.717) is 12.1 Å². The molecule has 3 aromatic rings. The molecule has 5 heteroatoms. The Bertz CT molecular complexity index is 721. The summed E-state index contributed by atoms with van der Waals surface area (Å²) in [6.45, 7) is 0.556. The third-order valence-electron chi connectivity index (χ3n) is 3.10. The number of nitrogens with zero attached hydrogens (tertiary/aromatic N) is 1. The highest BCUT2D eigenvalue weighted by Gasteiger charge is 2.05. The number of carbonyl (C=O) groups excluding carboxylic acids is 1. The average molecular weight is 266 g/mol. The monoisotopic (exact) mass is 266 g/mol. The molecule has 0 aliphatic heterocycles. The smallest absolute Gasteiger partial charge is 0.265 e. The maximum atomic E-state index is 11.8. The molecule has 0 aliphatic carbocycles. The number of amides is 1. The van der Waals surface area contributed by atoms with Crippen molar-refractivity contribution in [1.29, 1.82) is 0 Å². The first kappa shape index (κ1) is 12.4. The molecule has 0 bridgehead atoms. The minimum atomic E-state index is -0.174. The molecule has 1 amide bonds. The van der Waals surface area contributed by atoms with E-state index >= 15 is 0 Å². The first-order valence-electron chi connectivity index (χ1n) is 6.33. The number of H-pyrrole nitrogens is 1. The molecule has 0 atom stereocenters. The van der Waals surface area contributed by atoms with Gasteiger partial charge in [-0.3, -0.25) is 15.2 Å². The summed E-state index contributed by atoms with van der Waals surface area (Å²) < 4.78 is 0. The fourth-order valence-electron chi connectivity index (χ4n) is 2.07. The Morgan fingerprint density at radius 1 is 1.15 bits per heavy atom. The molecular formula is C15H14N4O. The number of benzene rings is 1. The van der Waals surface area contributed by atoms with E-state index in [4.69, 9.17) is 0 Å². The van der Waals surface area contributed by atoms with Crippen LogP contribution >= 0.6 is 0 Å². The normalized spacial score (nSPS) is 10.6. The van der Waals surface area contributed by atoms with Crippen LogP contribution in [0.2, 0.25) is 0 Å². The third kappa shape index (κ3) is 2.53. The fourth-order valence-corrected chi connectivity index (χ4v) is 2.07. The number of pyridine rings is 1. The van der Waals surface area contributed by atoms with E-state index in [0.717, 1.165) is 16.5 Å². The predicted octanol–water partition coefficient (Wildman–Crippen LogP) is 2.00. The third-order valence-corrected chi connectivity index (χ3v) is 3.10. The Balaban J connectivity index is 1.62. The summed E-state index contributed by atoms with van der Waals surface area (Å²) >= 11 is 0. The lowest BCUT2D eigenvalue weighted by Crippen LogP contribution is -2.36. The topological polar surface area (TPSA) is 69.8 Å². The molecule has 20 heavy (non-hydrogen) atoms. The van der Waals surface area contributed by atoms with Crippen molar-refractivity contribution in [3.8, 4) is 0 Å². The second kappa shape index (κ2) is 5.54. The van der Waals surface area contributed by atoms with Gasteiger partial charge in [0.05, 0.1) is 0 Å². The maximum absolute atomic E-state index is 11.8. The Morgan fingerprint density at radius 3 is 2.80 bits per heavy atom. The van der Waals surface area contributed by atoms with Crippen LogP contribution in [0, 0.1) is 0 Å². The van der Waals surface area contributed by atoms with Crippen molar-refractivity contribution in [3.63, 3.8) is 0 Å². The van der Waals surface area contributed by atoms with Crippen molar-refractivity contribution in [1.82, 2.24) is 20.8 Å². The fraction of sp³-hybridized carbons (Fsp3) is 0.0667. The number of nitrogens with one attached hydrogen (secondary N) is 3. The number of hydrazine groups is 1. The highest BCUT2D eigenvalue weighted by molar-refractivity contribution is 5.93. The second-order valence-electron chi connectivity index (χ2n) is 4.40. The van der Waals surface area contributed by atoms with Gasteiger partial charge in [0.15, 0.2) is 0 Å². The van der Waals surface area contributed by atoms with Crippen molar-refractivity contribution in [2.75, 3.05) is 0 Å². The first-order valence-corrected chi connectivity index (χ1v) is 6.33. The number of fused-ring (bicyclic) bond motifs is 1. The SMILES string of the molecule is O=C(NNCc1c[nH]c2ccccc12)c1ccncc1. The molecular weight excluding hydrogens is 252 g/mol. The van der Waals surface area contributed by atoms with E-state index in [1.165, 1.54) is 0 Å². The molecule has 2 aromatic heterocycles. The predicted molar refractivity (Wildman–Crippen MR) is 76.8 cm³/mol. The highest BCUT2D eigenvalue weighted by Crippen LogP contribution is 2.16. The van der Waals surface area contributed by atoms with E-state index in [1.54, 1.807) is 24.5 Å². The summed E-state index contributed by atoms with van der Waals surface area (Å²) in [7, 11) is 0. The van der Waals surface area contributed by atoms with E-state index in [1.807, 2.05) is 30.5 Å². The van der Waals surface area contributed by atoms with Crippen LogP contribution < -0.4 is 10.9 Å². The molecule has 0 spiro atoms. The lowest BCUT2D eigenvalue weighted by Gasteiger charge is -2.06. The molecule has 5 nitrogen and oxygen atoms in total. The molecule has 3 rings (SSSR count). The Morgan fingerprint density at radius 2 is 1.95 bits per heavy atom. The minimum Gasteiger partial charge on any atom is -0.361 e. The van der Waals surface area contributed by atoms with Gasteiger partial charge < -0.3 is 4.98 Å². The van der Waals surface area contributed by atoms with Crippen LogP contribution in [0.4, 0.5) is 0 Å². The van der Waals surface area contributed by atoms with Gasteiger partial charge in [-0.15, -0.1) is 0 Å². The van der Waals surface area contributed by atoms with Crippen LogP contribution in [-0.4, -0.2) is 15.9 Å². The molecule has 0 unspecified atom stereocenters. The first-order chi connectivity index (χ1) is 9.84. The zero-order chi connectivity index (χ0) is 13.8. The van der Waals surface area contributed by atoms with E-state index in [-0.39, 0.29) is 5.91 Å². The number of hydrogen-bond donors (Lipinski definition) is 3. The number of para-hydroxylation sites is 1. The van der Waals surface area contributed by atoms with Crippen LogP contribution in [0.3, 0.4) is 0 Å². The van der Waals surface area contributed by atoms with Gasteiger partial charge in [-0.1, -0.05) is 18.2 Å². The minimum absolute atomic E-state index is 0.174. The summed E-state index contributed by atoms with van der Waals surface area (Å²) in [5.41, 5.74) is 8.38. The van der Waals surface area contributed by atoms with Crippen LogP contribution in [0.5, 0.6) is 0 Å². The molecule has 0 saturated heterocycles. The zero-order valence-corrected chi connectivity index (χ0v) is 10.8. The molecule has 0 fully saturated rings. The van der Waals surface area contributed by atoms with Crippen molar-refractivity contribution in [3.05, 3.63) is 66.1 Å². The van der Waals surface area contributed by atoms with Gasteiger partial charge in [-0.05, 0) is 23.8 Å². The van der Waals surface area contributed by atoms with Crippen LogP contribution in [0.1, 0.15) is 15.9 Å². The second-order valence-corrected chi connectivity index (χ2v) is 4.40. The number of hydrogen-bond acceptors (Lipinski definition) is 3. The summed E-state index contributed by atoms with van der Waals surface area (Å²) in [5.74, 6) is -0.174. The van der Waals surface area contributed by atoms with E-state index in [2.05, 4.69) is 20.8 Å². The van der Waals surface area contributed by atoms with Crippen molar-refractivity contribution in [2.24, 2.45) is 0 Å². The van der Waals surface area contributed by atoms with Gasteiger partial charge in [0.2, 0.25) is 0 Å². The van der Waals surface area contributed by atoms with Gasteiger partial charge in [-0.2, -0.15) is 0 Å². The lowest BCUT2D eigenvalue weighted by molar-refractivity contribution is 0.0932. The van der Waals surface area contributed by atoms with Crippen LogP contribution in [0.15, 0.2) is 55.0 Å². The Hall–Kier alpha value is -2.66. The molecule has 0 saturated carbocycles. The summed E-state index contributed by atoms with van der Waals surface area (Å²) in [5, 5.41) is 1.15. The summed E-state index contributed by atoms with van der Waals surface area (Å²) in [6, 6.07) is 11.4. The highest BCUT2D eigenvalue weighted by atomic mass is 16.2. The summed E-state index contributed by atoms with van der Waals surface area (Å²) in [4.78, 5) is 18.9. The maximum Gasteiger partial charge on any atom is 0.265 e. The Labute approximate surface area is 116 Å². The van der Waals surface area contributed by atoms with Crippen LogP contribution in [-0.2, 0) is 6.54 Å². The molecule has 1 aromatic carbocycles. The number of aromatic amines is 1. The van der Waals surface area contributed by atoms with Gasteiger partial charge in [0.25, 0.3) is 5.91 Å². The number of rotatable bonds is 4. The number of aromatic nitrogens is 2. The molecule has 3 N–H and O–H groups in total. The standard InChI is InChI=1S/C15H14N4O/c20-15(11-5-7-16-8-6-11)19-18-10-12-9-17-14-4-2-1-3-13(12)14/h1-9,17-18H,10H2,(H,19,20). The lowest BCUT2D eigenvalue weighted by atomic mass is 10.2. The Kier molecular flexibility index (Phi) is 3.43. The van der Waals surface area contributed by atoms with Crippen LogP contribution in [0.25, 0.3) is 10.9 Å². The summed E-state index contributed by atoms with van der Waals surface area (Å²) in [6.07, 6.45) is 5.12.